The second kappa shape index (κ2) is 10.2. The van der Waals surface area contributed by atoms with Crippen molar-refractivity contribution in [2.75, 3.05) is 32.7 Å². The van der Waals surface area contributed by atoms with Crippen LogP contribution in [0.4, 0.5) is 9.18 Å². The van der Waals surface area contributed by atoms with Crippen LogP contribution in [0.3, 0.4) is 0 Å². The number of carbonyl (C=O) groups excluding carboxylic acids is 1. The number of likely N-dealkylation sites (tertiary alicyclic amines) is 1. The molecule has 8 nitrogen and oxygen atoms in total. The third kappa shape index (κ3) is 4.92. The molecule has 2 fully saturated rings. The van der Waals surface area contributed by atoms with Crippen molar-refractivity contribution in [2.24, 2.45) is 4.99 Å². The summed E-state index contributed by atoms with van der Waals surface area (Å²) in [4.78, 5) is 33.0. The second-order valence-electron chi connectivity index (χ2n) is 8.35. The maximum absolute atomic E-state index is 14.4. The van der Waals surface area contributed by atoms with E-state index in [2.05, 4.69) is 15.3 Å². The zero-order chi connectivity index (χ0) is 23.5. The molecule has 2 N–H and O–H groups in total. The van der Waals surface area contributed by atoms with E-state index in [-0.39, 0.29) is 11.9 Å². The lowest BCUT2D eigenvalue weighted by Crippen LogP contribution is -2.45. The lowest BCUT2D eigenvalue weighted by Gasteiger charge is -2.34. The molecule has 0 radical (unpaired) electrons. The molecule has 1 aromatic carbocycles. The Balaban J connectivity index is 1.69. The lowest BCUT2D eigenvalue weighted by atomic mass is 9.93. The molecule has 178 valence electrons. The van der Waals surface area contributed by atoms with Gasteiger partial charge in [-0.2, -0.15) is 4.99 Å². The number of amidine groups is 1. The standard InChI is InChI=1S/C23H30FN5O3S/c1-3-27(4-2)18-9-12-28(23(31)32)20(18)17-14-16(24)8-7-15(17)13-19-21(30)26-22(33-19)29-11-6-5-10-25-29/h7-8,13-14,18,20,25H,3-6,9-12H2,1-2H3,(H,31,32)/b19-13+/t18-,20?/m1/s1. The SMILES string of the molecule is CCN(CC)[C@@H]1CCN(C(=O)O)C1c1cc(F)ccc1/C=C1/SC(N2CCCCN2)=NC1=O. The number of nitrogens with one attached hydrogen (secondary N) is 1. The van der Waals surface area contributed by atoms with Crippen molar-refractivity contribution in [1.29, 1.82) is 0 Å². The minimum atomic E-state index is -1.02. The number of benzene rings is 1. The molecule has 10 heteroatoms. The average Bonchev–Trinajstić information content (AvgIpc) is 3.41. The summed E-state index contributed by atoms with van der Waals surface area (Å²) in [6.45, 7) is 7.63. The number of nitrogens with zero attached hydrogens (tertiary/aromatic N) is 4. The minimum Gasteiger partial charge on any atom is -0.465 e. The molecular formula is C23H30FN5O3S. The third-order valence-electron chi connectivity index (χ3n) is 6.50. The summed E-state index contributed by atoms with van der Waals surface area (Å²) < 4.78 is 14.4. The van der Waals surface area contributed by atoms with Crippen molar-refractivity contribution in [1.82, 2.24) is 20.2 Å². The fourth-order valence-electron chi connectivity index (χ4n) is 4.88. The Morgan fingerprint density at radius 3 is 2.79 bits per heavy atom. The van der Waals surface area contributed by atoms with E-state index in [1.807, 2.05) is 18.9 Å². The average molecular weight is 476 g/mol. The topological polar surface area (TPSA) is 88.5 Å². The van der Waals surface area contributed by atoms with Gasteiger partial charge in [-0.15, -0.1) is 0 Å². The Morgan fingerprint density at radius 1 is 1.33 bits per heavy atom. The van der Waals surface area contributed by atoms with Gasteiger partial charge in [0, 0.05) is 25.7 Å². The van der Waals surface area contributed by atoms with Crippen molar-refractivity contribution in [3.05, 3.63) is 40.0 Å². The molecule has 2 saturated heterocycles. The van der Waals surface area contributed by atoms with Gasteiger partial charge in [0.05, 0.1) is 10.9 Å². The van der Waals surface area contributed by atoms with E-state index >= 15 is 0 Å². The fraction of sp³-hybridized carbons (Fsp3) is 0.522. The molecular weight excluding hydrogens is 445 g/mol. The van der Waals surface area contributed by atoms with Gasteiger partial charge < -0.3 is 5.11 Å². The molecule has 2 amide bonds. The predicted molar refractivity (Wildman–Crippen MR) is 127 cm³/mol. The van der Waals surface area contributed by atoms with E-state index in [4.69, 9.17) is 0 Å². The summed E-state index contributed by atoms with van der Waals surface area (Å²) in [5.74, 6) is -0.762. The number of halogens is 1. The minimum absolute atomic E-state index is 0.0636. The van der Waals surface area contributed by atoms with Gasteiger partial charge in [-0.3, -0.25) is 19.6 Å². The van der Waals surface area contributed by atoms with Crippen LogP contribution in [0.25, 0.3) is 6.08 Å². The number of hydrogen-bond donors (Lipinski definition) is 2. The Labute approximate surface area is 197 Å². The molecule has 33 heavy (non-hydrogen) atoms. The molecule has 0 saturated carbocycles. The molecule has 0 aromatic heterocycles. The molecule has 3 aliphatic rings. The van der Waals surface area contributed by atoms with Gasteiger partial charge in [0.2, 0.25) is 0 Å². The van der Waals surface area contributed by atoms with E-state index in [0.717, 1.165) is 39.0 Å². The van der Waals surface area contributed by atoms with Crippen molar-refractivity contribution in [3.63, 3.8) is 0 Å². The largest absolute Gasteiger partial charge is 0.465 e. The van der Waals surface area contributed by atoms with Crippen molar-refractivity contribution in [3.8, 4) is 0 Å². The van der Waals surface area contributed by atoms with Crippen LogP contribution in [0, 0.1) is 5.82 Å². The number of hydrogen-bond acceptors (Lipinski definition) is 6. The van der Waals surface area contributed by atoms with Crippen LogP contribution in [-0.2, 0) is 4.79 Å². The van der Waals surface area contributed by atoms with E-state index in [0.29, 0.717) is 34.2 Å². The first-order chi connectivity index (χ1) is 15.9. The number of thioether (sulfide) groups is 1. The molecule has 0 bridgehead atoms. The van der Waals surface area contributed by atoms with Crippen LogP contribution < -0.4 is 5.43 Å². The summed E-state index contributed by atoms with van der Waals surface area (Å²) in [6.07, 6.45) is 3.48. The van der Waals surface area contributed by atoms with E-state index in [1.54, 1.807) is 12.1 Å². The summed E-state index contributed by atoms with van der Waals surface area (Å²) in [5, 5.41) is 12.4. The highest BCUT2D eigenvalue weighted by molar-refractivity contribution is 8.18. The molecule has 0 spiro atoms. The zero-order valence-corrected chi connectivity index (χ0v) is 19.8. The van der Waals surface area contributed by atoms with E-state index in [1.165, 1.54) is 28.8 Å². The van der Waals surface area contributed by atoms with E-state index < -0.39 is 18.0 Å². The Hall–Kier alpha value is -2.43. The zero-order valence-electron chi connectivity index (χ0n) is 19.0. The third-order valence-corrected chi connectivity index (χ3v) is 7.51. The lowest BCUT2D eigenvalue weighted by molar-refractivity contribution is -0.113. The van der Waals surface area contributed by atoms with Crippen molar-refractivity contribution in [2.45, 2.75) is 45.2 Å². The quantitative estimate of drug-likeness (QED) is 0.630. The maximum atomic E-state index is 14.4. The highest BCUT2D eigenvalue weighted by Gasteiger charge is 2.41. The monoisotopic (exact) mass is 475 g/mol. The normalized spacial score (nSPS) is 24.8. The second-order valence-corrected chi connectivity index (χ2v) is 9.36. The number of rotatable bonds is 5. The van der Waals surface area contributed by atoms with Crippen molar-refractivity contribution < 1.29 is 19.1 Å². The molecule has 1 unspecified atom stereocenters. The van der Waals surface area contributed by atoms with Crippen LogP contribution in [0.5, 0.6) is 0 Å². The van der Waals surface area contributed by atoms with Gasteiger partial charge in [-0.1, -0.05) is 19.9 Å². The van der Waals surface area contributed by atoms with Crippen LogP contribution in [0.2, 0.25) is 0 Å². The van der Waals surface area contributed by atoms with Crippen LogP contribution in [0.15, 0.2) is 28.1 Å². The Morgan fingerprint density at radius 2 is 2.12 bits per heavy atom. The fourth-order valence-corrected chi connectivity index (χ4v) is 5.79. The van der Waals surface area contributed by atoms with Gasteiger partial charge in [0.25, 0.3) is 5.91 Å². The van der Waals surface area contributed by atoms with Crippen LogP contribution in [-0.4, -0.2) is 75.8 Å². The Bertz CT molecular complexity index is 975. The summed E-state index contributed by atoms with van der Waals surface area (Å²) >= 11 is 1.29. The molecule has 4 rings (SSSR count). The van der Waals surface area contributed by atoms with Crippen LogP contribution in [0.1, 0.15) is 50.3 Å². The first-order valence-electron chi connectivity index (χ1n) is 11.5. The van der Waals surface area contributed by atoms with Gasteiger partial charge in [0.15, 0.2) is 5.17 Å². The van der Waals surface area contributed by atoms with E-state index in [9.17, 15) is 19.1 Å². The highest BCUT2D eigenvalue weighted by Crippen LogP contribution is 2.39. The van der Waals surface area contributed by atoms with Gasteiger partial charge in [-0.05, 0) is 73.4 Å². The first-order valence-corrected chi connectivity index (χ1v) is 12.3. The number of likely N-dealkylation sites (N-methyl/N-ethyl adjacent to an activating group) is 1. The summed E-state index contributed by atoms with van der Waals surface area (Å²) in [7, 11) is 0. The summed E-state index contributed by atoms with van der Waals surface area (Å²) in [6, 6.07) is 3.80. The number of amides is 2. The maximum Gasteiger partial charge on any atom is 0.407 e. The molecule has 3 heterocycles. The first kappa shape index (κ1) is 23.7. The molecule has 3 aliphatic heterocycles. The number of aliphatic imine (C=N–C) groups is 1. The predicted octanol–water partition coefficient (Wildman–Crippen LogP) is 3.53. The number of carboxylic acid groups (broad SMARTS) is 1. The van der Waals surface area contributed by atoms with Gasteiger partial charge in [-0.25, -0.2) is 14.6 Å². The van der Waals surface area contributed by atoms with Gasteiger partial charge in [0.1, 0.15) is 5.82 Å². The summed E-state index contributed by atoms with van der Waals surface area (Å²) in [5.41, 5.74) is 4.48. The highest BCUT2D eigenvalue weighted by atomic mass is 32.2. The number of carbonyl (C=O) groups is 2. The molecule has 0 aliphatic carbocycles. The van der Waals surface area contributed by atoms with Crippen molar-refractivity contribution >= 4 is 35.0 Å². The molecule has 2 atom stereocenters. The Kier molecular flexibility index (Phi) is 7.35. The smallest absolute Gasteiger partial charge is 0.407 e. The van der Waals surface area contributed by atoms with Crippen LogP contribution >= 0.6 is 11.8 Å². The molecule has 1 aromatic rings. The van der Waals surface area contributed by atoms with Gasteiger partial charge >= 0.3 is 6.09 Å². The number of hydrazine groups is 1.